The zero-order valence-electron chi connectivity index (χ0n) is 32.8. The van der Waals surface area contributed by atoms with Gasteiger partial charge in [0.2, 0.25) is 11.8 Å². The maximum atomic E-state index is 14.8. The van der Waals surface area contributed by atoms with Crippen molar-refractivity contribution in [3.05, 3.63) is 109 Å². The zero-order valence-corrected chi connectivity index (χ0v) is 32.8. The van der Waals surface area contributed by atoms with Gasteiger partial charge in [-0.15, -0.1) is 0 Å². The molecule has 0 spiro atoms. The molecule has 12 nitrogen and oxygen atoms in total. The number of carbonyl (C=O) groups excluding carboxylic acids is 4. The van der Waals surface area contributed by atoms with Gasteiger partial charge in [-0.3, -0.25) is 9.59 Å². The van der Waals surface area contributed by atoms with Crippen molar-refractivity contribution in [1.29, 1.82) is 0 Å². The van der Waals surface area contributed by atoms with Gasteiger partial charge in [0.25, 0.3) is 0 Å². The van der Waals surface area contributed by atoms with Crippen molar-refractivity contribution in [3.63, 3.8) is 0 Å². The fourth-order valence-corrected chi connectivity index (χ4v) is 8.67. The summed E-state index contributed by atoms with van der Waals surface area (Å²) in [4.78, 5) is 59.8. The number of fused-ring (bicyclic) bond motifs is 2. The van der Waals surface area contributed by atoms with Gasteiger partial charge in [0.05, 0.1) is 12.6 Å². The Kier molecular flexibility index (Phi) is 12.0. The lowest BCUT2D eigenvalue weighted by Crippen LogP contribution is -2.56. The van der Waals surface area contributed by atoms with Crippen LogP contribution in [0.15, 0.2) is 103 Å². The van der Waals surface area contributed by atoms with E-state index in [-0.39, 0.29) is 37.5 Å². The van der Waals surface area contributed by atoms with Gasteiger partial charge < -0.3 is 25.0 Å². The summed E-state index contributed by atoms with van der Waals surface area (Å²) in [5, 5.41) is 16.0. The molecule has 1 aromatic heterocycles. The lowest BCUT2D eigenvalue weighted by atomic mass is 10.0. The quantitative estimate of drug-likeness (QED) is 0.137. The number of benzene rings is 3. The average Bonchev–Trinajstić information content (AvgIpc) is 3.69. The van der Waals surface area contributed by atoms with Gasteiger partial charge in [0.1, 0.15) is 35.1 Å². The number of esters is 1. The molecule has 1 unspecified atom stereocenters. The molecule has 8 rings (SSSR count). The first-order valence-electron chi connectivity index (χ1n) is 20.9. The monoisotopic (exact) mass is 784 g/mol. The molecule has 3 amide bonds. The van der Waals surface area contributed by atoms with Crippen LogP contribution in [-0.4, -0.2) is 80.6 Å². The molecule has 2 aliphatic heterocycles. The van der Waals surface area contributed by atoms with Crippen LogP contribution in [0.4, 0.5) is 4.79 Å². The smallest absolute Gasteiger partial charge is 0.408 e. The van der Waals surface area contributed by atoms with E-state index >= 15 is 0 Å². The Morgan fingerprint density at radius 3 is 2.12 bits per heavy atom. The van der Waals surface area contributed by atoms with Gasteiger partial charge in [-0.05, 0) is 56.9 Å². The predicted molar refractivity (Wildman–Crippen MR) is 218 cm³/mol. The van der Waals surface area contributed by atoms with Crippen LogP contribution < -0.4 is 10.6 Å². The number of hydrogen-bond donors (Lipinski definition) is 2. The minimum Gasteiger partial charge on any atom is -0.464 e. The third-order valence-electron chi connectivity index (χ3n) is 12.0. The molecular weight excluding hydrogens is 733 g/mol. The Morgan fingerprint density at radius 2 is 1.45 bits per heavy atom. The normalized spacial score (nSPS) is 25.1. The summed E-state index contributed by atoms with van der Waals surface area (Å²) in [5.41, 5.74) is 2.95. The van der Waals surface area contributed by atoms with Crippen LogP contribution >= 0.6 is 0 Å². The van der Waals surface area contributed by atoms with E-state index in [0.29, 0.717) is 37.1 Å². The van der Waals surface area contributed by atoms with Crippen LogP contribution in [0.1, 0.15) is 82.2 Å². The Morgan fingerprint density at radius 1 is 0.810 bits per heavy atom. The summed E-state index contributed by atoms with van der Waals surface area (Å²) in [6.45, 7) is 0.303. The minimum atomic E-state index is -1.25. The van der Waals surface area contributed by atoms with Crippen LogP contribution in [-0.2, 0) is 30.3 Å². The summed E-state index contributed by atoms with van der Waals surface area (Å²) < 4.78 is 11.6. The molecule has 3 heterocycles. The van der Waals surface area contributed by atoms with Crippen molar-refractivity contribution in [2.24, 2.45) is 5.92 Å². The molecule has 302 valence electrons. The molecule has 2 saturated carbocycles. The highest BCUT2D eigenvalue weighted by Gasteiger charge is 2.62. The van der Waals surface area contributed by atoms with E-state index in [0.717, 1.165) is 61.6 Å². The number of nitrogens with zero attached hydrogens (tertiary/aromatic N) is 4. The maximum absolute atomic E-state index is 14.8. The van der Waals surface area contributed by atoms with E-state index in [1.807, 2.05) is 97.1 Å². The van der Waals surface area contributed by atoms with Gasteiger partial charge in [0, 0.05) is 36.4 Å². The lowest BCUT2D eigenvalue weighted by Gasteiger charge is -2.30. The van der Waals surface area contributed by atoms with Crippen LogP contribution in [0.25, 0.3) is 22.5 Å². The first-order valence-corrected chi connectivity index (χ1v) is 20.9. The highest BCUT2D eigenvalue weighted by Crippen LogP contribution is 2.46. The molecule has 0 bridgehead atoms. The summed E-state index contributed by atoms with van der Waals surface area (Å²) >= 11 is 0. The minimum absolute atomic E-state index is 0.127. The molecule has 4 aliphatic rings. The lowest BCUT2D eigenvalue weighted by molar-refractivity contribution is -0.150. The first kappa shape index (κ1) is 39.1. The van der Waals surface area contributed by atoms with Crippen molar-refractivity contribution in [2.75, 3.05) is 13.2 Å². The third kappa shape index (κ3) is 8.85. The van der Waals surface area contributed by atoms with Gasteiger partial charge in [-0.25, -0.2) is 9.59 Å². The summed E-state index contributed by atoms with van der Waals surface area (Å²) in [6, 6.07) is 27.1. The third-order valence-corrected chi connectivity index (χ3v) is 12.0. The second-order valence-corrected chi connectivity index (χ2v) is 16.1. The molecule has 12 heteroatoms. The molecule has 2 N–H and O–H groups in total. The van der Waals surface area contributed by atoms with Crippen LogP contribution in [0.3, 0.4) is 0 Å². The molecular formula is C46H52N6O6. The largest absolute Gasteiger partial charge is 0.464 e. The van der Waals surface area contributed by atoms with Gasteiger partial charge >= 0.3 is 12.1 Å². The molecule has 5 atom stereocenters. The highest BCUT2D eigenvalue weighted by molar-refractivity contribution is 5.96. The fraction of sp³-hybridized carbons (Fsp3) is 0.435. The molecule has 0 radical (unpaired) electrons. The Balaban J connectivity index is 1.10. The molecule has 2 aliphatic carbocycles. The summed E-state index contributed by atoms with van der Waals surface area (Å²) in [5.74, 6) is -1.54. The van der Waals surface area contributed by atoms with Gasteiger partial charge in [0.15, 0.2) is 0 Å². The van der Waals surface area contributed by atoms with Gasteiger partial charge in [-0.1, -0.05) is 116 Å². The number of nitrogens with one attached hydrogen (secondary N) is 2. The maximum Gasteiger partial charge on any atom is 0.408 e. The van der Waals surface area contributed by atoms with Crippen molar-refractivity contribution >= 4 is 23.9 Å². The van der Waals surface area contributed by atoms with Crippen molar-refractivity contribution in [3.8, 4) is 22.5 Å². The predicted octanol–water partition coefficient (Wildman–Crippen LogP) is 6.97. The number of hydrogen-bond acceptors (Lipinski definition) is 8. The zero-order chi connectivity index (χ0) is 39.9. The van der Waals surface area contributed by atoms with Crippen molar-refractivity contribution in [2.45, 2.75) is 107 Å². The summed E-state index contributed by atoms with van der Waals surface area (Å²) in [7, 11) is 0. The number of rotatable bonds is 9. The van der Waals surface area contributed by atoms with Gasteiger partial charge in [-0.2, -0.15) is 15.0 Å². The van der Waals surface area contributed by atoms with Crippen molar-refractivity contribution in [1.82, 2.24) is 30.5 Å². The average molecular weight is 785 g/mol. The molecule has 4 aromatic rings. The number of ether oxygens (including phenoxy) is 2. The Hall–Kier alpha value is -5.78. The van der Waals surface area contributed by atoms with E-state index in [9.17, 15) is 19.2 Å². The number of allylic oxidation sites excluding steroid dienone is 1. The first-order chi connectivity index (χ1) is 28.4. The topological polar surface area (TPSA) is 145 Å². The second kappa shape index (κ2) is 17.8. The van der Waals surface area contributed by atoms with E-state index in [1.165, 1.54) is 0 Å². The standard InChI is InChI=1S/C46H52N6O6/c53-42-39-29-36(52-49-40(33-19-9-5-10-20-33)41(50-52)34-21-11-6-12-22-34)31-51(39)43(54)38(47-45(56)58-37-24-15-16-25-37)26-14-3-1-2-13-23-35-30-46(35,48-42)44(55)57-28-27-32-17-7-4-8-18-32/h4-13,17-23,35-39H,1-3,14-16,24-31H2,(H,47,56)(H,48,53)/t35?,36-,38+,39+,46-/m1/s1. The van der Waals surface area contributed by atoms with E-state index in [2.05, 4.69) is 16.7 Å². The number of amides is 3. The Labute approximate surface area is 339 Å². The van der Waals surface area contributed by atoms with Crippen LogP contribution in [0.5, 0.6) is 0 Å². The number of carbonyl (C=O) groups is 4. The van der Waals surface area contributed by atoms with Crippen molar-refractivity contribution < 1.29 is 28.7 Å². The molecule has 3 aromatic carbocycles. The Bertz CT molecular complexity index is 2030. The summed E-state index contributed by atoms with van der Waals surface area (Å²) in [6.07, 6.45) is 11.7. The second-order valence-electron chi connectivity index (χ2n) is 16.1. The number of aromatic nitrogens is 3. The highest BCUT2D eigenvalue weighted by atomic mass is 16.6. The number of alkyl carbamates (subject to hydrolysis) is 1. The van der Waals surface area contributed by atoms with Crippen LogP contribution in [0, 0.1) is 5.92 Å². The van der Waals surface area contributed by atoms with E-state index < -0.39 is 41.6 Å². The molecule has 1 saturated heterocycles. The van der Waals surface area contributed by atoms with E-state index in [4.69, 9.17) is 19.7 Å². The molecule has 58 heavy (non-hydrogen) atoms. The molecule has 3 fully saturated rings. The van der Waals surface area contributed by atoms with E-state index in [1.54, 1.807) is 9.70 Å². The fourth-order valence-electron chi connectivity index (χ4n) is 8.67. The SMILES string of the molecule is O=C(N[C@H]1CCCCCC=CC2C[C@@]2(C(=O)OCCc2ccccc2)NC(=O)[C@@H]2C[C@@H](n3nc(-c4ccccc4)c(-c4ccccc4)n3)CN2C1=O)OC1CCCC1. The van der Waals surface area contributed by atoms with Crippen LogP contribution in [0.2, 0.25) is 0 Å².